The molecule has 6 nitrogen and oxygen atoms in total. The highest BCUT2D eigenvalue weighted by molar-refractivity contribution is 8.03. The van der Waals surface area contributed by atoms with E-state index < -0.39 is 5.92 Å². The molecule has 0 fully saturated rings. The molecule has 0 spiro atoms. The van der Waals surface area contributed by atoms with Crippen LogP contribution in [0.4, 0.5) is 5.69 Å². The molecular formula is C24H23N3O3S. The van der Waals surface area contributed by atoms with Gasteiger partial charge in [-0.15, -0.1) is 0 Å². The molecule has 2 N–H and O–H groups in total. The SMILES string of the molecule is Cc1cccc(NC(=O)CSC2=C(C#N)[C@@H](c3ccco3)C3=C(CCCC3=O)N2)c1C. The minimum atomic E-state index is -0.534. The highest BCUT2D eigenvalue weighted by Crippen LogP contribution is 2.44. The molecule has 0 saturated heterocycles. The molecule has 0 bridgehead atoms. The minimum absolute atomic E-state index is 0.0413. The van der Waals surface area contributed by atoms with E-state index in [-0.39, 0.29) is 17.4 Å². The zero-order valence-electron chi connectivity index (χ0n) is 17.5. The molecule has 1 aromatic carbocycles. The summed E-state index contributed by atoms with van der Waals surface area (Å²) in [5.74, 6) is 0.0637. The Kier molecular flexibility index (Phi) is 6.01. The zero-order chi connectivity index (χ0) is 22.0. The van der Waals surface area contributed by atoms with Gasteiger partial charge in [-0.1, -0.05) is 23.9 Å². The quantitative estimate of drug-likeness (QED) is 0.710. The number of anilines is 1. The van der Waals surface area contributed by atoms with Gasteiger partial charge in [0, 0.05) is 23.4 Å². The third-order valence-corrected chi connectivity index (χ3v) is 6.73. The molecule has 2 aliphatic rings. The molecule has 1 aromatic heterocycles. The maximum atomic E-state index is 12.7. The summed E-state index contributed by atoms with van der Waals surface area (Å²) in [7, 11) is 0. The van der Waals surface area contributed by atoms with Gasteiger partial charge in [-0.2, -0.15) is 5.26 Å². The lowest BCUT2D eigenvalue weighted by molar-refractivity contribution is -0.116. The number of furan rings is 1. The number of amides is 1. The lowest BCUT2D eigenvalue weighted by Crippen LogP contribution is -2.31. The summed E-state index contributed by atoms with van der Waals surface area (Å²) in [5, 5.41) is 16.8. The van der Waals surface area contributed by atoms with Gasteiger partial charge in [-0.05, 0) is 56.0 Å². The van der Waals surface area contributed by atoms with Crippen molar-refractivity contribution in [1.29, 1.82) is 5.26 Å². The van der Waals surface area contributed by atoms with Crippen molar-refractivity contribution in [3.05, 3.63) is 75.4 Å². The molecule has 1 aliphatic carbocycles. The maximum absolute atomic E-state index is 12.7. The van der Waals surface area contributed by atoms with Crippen molar-refractivity contribution in [2.75, 3.05) is 11.1 Å². The zero-order valence-corrected chi connectivity index (χ0v) is 18.3. The Morgan fingerprint density at radius 3 is 2.87 bits per heavy atom. The topological polar surface area (TPSA) is 95.1 Å². The fourth-order valence-corrected chi connectivity index (χ4v) is 4.85. The Hall–Kier alpha value is -3.24. The number of rotatable bonds is 5. The minimum Gasteiger partial charge on any atom is -0.468 e. The van der Waals surface area contributed by atoms with Crippen LogP contribution in [0.3, 0.4) is 0 Å². The number of allylic oxidation sites excluding steroid dienone is 3. The van der Waals surface area contributed by atoms with E-state index in [0.717, 1.165) is 35.4 Å². The smallest absolute Gasteiger partial charge is 0.234 e. The summed E-state index contributed by atoms with van der Waals surface area (Å²) in [6.45, 7) is 3.97. The van der Waals surface area contributed by atoms with Gasteiger partial charge >= 0.3 is 0 Å². The summed E-state index contributed by atoms with van der Waals surface area (Å²) in [6, 6.07) is 11.6. The van der Waals surface area contributed by atoms with E-state index in [9.17, 15) is 14.9 Å². The number of nitrogens with zero attached hydrogens (tertiary/aromatic N) is 1. The highest BCUT2D eigenvalue weighted by atomic mass is 32.2. The molecule has 2 heterocycles. The van der Waals surface area contributed by atoms with E-state index in [1.165, 1.54) is 11.8 Å². The number of carbonyl (C=O) groups is 2. The van der Waals surface area contributed by atoms with Gasteiger partial charge in [-0.3, -0.25) is 9.59 Å². The van der Waals surface area contributed by atoms with E-state index in [4.69, 9.17) is 4.42 Å². The number of carbonyl (C=O) groups excluding carboxylic acids is 2. The van der Waals surface area contributed by atoms with Gasteiger partial charge in [0.1, 0.15) is 5.76 Å². The average Bonchev–Trinajstić information content (AvgIpc) is 3.29. The molecular weight excluding hydrogens is 410 g/mol. The van der Waals surface area contributed by atoms with Gasteiger partial charge in [-0.25, -0.2) is 0 Å². The number of ketones is 1. The van der Waals surface area contributed by atoms with E-state index in [1.807, 2.05) is 32.0 Å². The summed E-state index contributed by atoms with van der Waals surface area (Å²) in [6.07, 6.45) is 3.51. The molecule has 1 amide bonds. The molecule has 7 heteroatoms. The maximum Gasteiger partial charge on any atom is 0.234 e. The second kappa shape index (κ2) is 8.86. The number of hydrogen-bond acceptors (Lipinski definition) is 6. The van der Waals surface area contributed by atoms with Crippen LogP contribution >= 0.6 is 11.8 Å². The first-order chi connectivity index (χ1) is 15.0. The first kappa shape index (κ1) is 21.0. The van der Waals surface area contributed by atoms with Crippen LogP contribution in [0.15, 0.2) is 62.9 Å². The normalized spacial score (nSPS) is 18.4. The number of dihydropyridines is 1. The van der Waals surface area contributed by atoms with Gasteiger partial charge in [0.05, 0.1) is 34.6 Å². The van der Waals surface area contributed by atoms with Gasteiger partial charge < -0.3 is 15.1 Å². The first-order valence-electron chi connectivity index (χ1n) is 10.2. The Bertz CT molecular complexity index is 1140. The number of thioether (sulfide) groups is 1. The monoisotopic (exact) mass is 433 g/mol. The molecule has 1 atom stereocenters. The van der Waals surface area contributed by atoms with Crippen LogP contribution in [0.2, 0.25) is 0 Å². The third-order valence-electron chi connectivity index (χ3n) is 5.72. The molecule has 31 heavy (non-hydrogen) atoms. The Balaban J connectivity index is 1.58. The predicted octanol–water partition coefficient (Wildman–Crippen LogP) is 4.70. The van der Waals surface area contributed by atoms with Crippen molar-refractivity contribution in [2.24, 2.45) is 0 Å². The molecule has 1 aliphatic heterocycles. The van der Waals surface area contributed by atoms with Crippen molar-refractivity contribution in [3.63, 3.8) is 0 Å². The van der Waals surface area contributed by atoms with Crippen molar-refractivity contribution >= 4 is 29.1 Å². The predicted molar refractivity (Wildman–Crippen MR) is 120 cm³/mol. The second-order valence-electron chi connectivity index (χ2n) is 7.68. The number of benzene rings is 1. The van der Waals surface area contributed by atoms with Gasteiger partial charge in [0.15, 0.2) is 5.78 Å². The van der Waals surface area contributed by atoms with Crippen molar-refractivity contribution in [2.45, 2.75) is 39.0 Å². The highest BCUT2D eigenvalue weighted by Gasteiger charge is 2.38. The average molecular weight is 434 g/mol. The van der Waals surface area contributed by atoms with Crippen LogP contribution in [0, 0.1) is 25.2 Å². The van der Waals surface area contributed by atoms with E-state index in [0.29, 0.717) is 28.4 Å². The molecule has 4 rings (SSSR count). The third kappa shape index (κ3) is 4.17. The lowest BCUT2D eigenvalue weighted by Gasteiger charge is -2.32. The van der Waals surface area contributed by atoms with Crippen molar-refractivity contribution in [1.82, 2.24) is 5.32 Å². The Labute approximate surface area is 185 Å². The van der Waals surface area contributed by atoms with Crippen molar-refractivity contribution in [3.8, 4) is 6.07 Å². The fourth-order valence-electron chi connectivity index (χ4n) is 3.99. The Morgan fingerprint density at radius 2 is 2.13 bits per heavy atom. The van der Waals surface area contributed by atoms with Crippen LogP contribution < -0.4 is 10.6 Å². The fraction of sp³-hybridized carbons (Fsp3) is 0.292. The van der Waals surface area contributed by atoms with E-state index in [1.54, 1.807) is 18.4 Å². The van der Waals surface area contributed by atoms with Crippen LogP contribution in [-0.2, 0) is 9.59 Å². The second-order valence-corrected chi connectivity index (χ2v) is 8.67. The number of hydrogen-bond donors (Lipinski definition) is 2. The Morgan fingerprint density at radius 1 is 1.29 bits per heavy atom. The molecule has 0 radical (unpaired) electrons. The van der Waals surface area contributed by atoms with Crippen LogP contribution in [0.25, 0.3) is 0 Å². The molecule has 158 valence electrons. The standard InChI is InChI=1S/C24H23N3O3S/c1-14-6-3-7-17(15(14)2)26-21(29)13-31-24-16(12-25)22(20-10-5-11-30-20)23-18(27-24)8-4-9-19(23)28/h3,5-7,10-11,22,27H,4,8-9,13H2,1-2H3,(H,26,29)/t22-/m0/s1. The van der Waals surface area contributed by atoms with E-state index in [2.05, 4.69) is 16.7 Å². The molecule has 0 saturated carbocycles. The molecule has 2 aromatic rings. The summed E-state index contributed by atoms with van der Waals surface area (Å²) >= 11 is 1.27. The molecule has 0 unspecified atom stereocenters. The van der Waals surface area contributed by atoms with Gasteiger partial charge in [0.25, 0.3) is 0 Å². The number of aryl methyl sites for hydroxylation is 1. The van der Waals surface area contributed by atoms with Crippen molar-refractivity contribution < 1.29 is 14.0 Å². The van der Waals surface area contributed by atoms with Crippen LogP contribution in [0.1, 0.15) is 42.1 Å². The lowest BCUT2D eigenvalue weighted by atomic mass is 9.79. The largest absolute Gasteiger partial charge is 0.468 e. The number of nitriles is 1. The van der Waals surface area contributed by atoms with Crippen LogP contribution in [-0.4, -0.2) is 17.4 Å². The summed E-state index contributed by atoms with van der Waals surface area (Å²) in [4.78, 5) is 25.3. The summed E-state index contributed by atoms with van der Waals surface area (Å²) in [5.41, 5.74) is 4.77. The van der Waals surface area contributed by atoms with Crippen LogP contribution in [0.5, 0.6) is 0 Å². The summed E-state index contributed by atoms with van der Waals surface area (Å²) < 4.78 is 5.59. The van der Waals surface area contributed by atoms with Gasteiger partial charge in [0.2, 0.25) is 5.91 Å². The number of Topliss-reactive ketones (excluding diaryl/α,β-unsaturated/α-hetero) is 1. The first-order valence-corrected chi connectivity index (χ1v) is 11.2. The number of nitrogens with one attached hydrogen (secondary N) is 2. The van der Waals surface area contributed by atoms with E-state index >= 15 is 0 Å².